The summed E-state index contributed by atoms with van der Waals surface area (Å²) in [7, 11) is 5.79. The lowest BCUT2D eigenvalue weighted by Gasteiger charge is -1.87. The van der Waals surface area contributed by atoms with E-state index in [-0.39, 0.29) is 0 Å². The highest BCUT2D eigenvalue weighted by Crippen LogP contribution is 2.11. The second-order valence-electron chi connectivity index (χ2n) is 2.38. The first-order valence-electron chi connectivity index (χ1n) is 3.43. The molecule has 1 aromatic heterocycles. The number of benzene rings is 1. The molecule has 0 saturated carbocycles. The molecule has 0 amide bonds. The molecule has 2 aromatic rings. The third-order valence-corrected chi connectivity index (χ3v) is 3.23. The van der Waals surface area contributed by atoms with E-state index in [9.17, 15) is 0 Å². The fourth-order valence-corrected chi connectivity index (χ4v) is 2.39. The maximum Gasteiger partial charge on any atom is 0.593 e. The molecule has 2 rings (SSSR count). The van der Waals surface area contributed by atoms with Crippen molar-refractivity contribution in [1.29, 1.82) is 0 Å². The van der Waals surface area contributed by atoms with E-state index in [0.29, 0.717) is 0 Å². The van der Waals surface area contributed by atoms with Gasteiger partial charge in [-0.3, -0.25) is 0 Å². The van der Waals surface area contributed by atoms with Crippen LogP contribution in [-0.4, -0.2) is 19.3 Å². The van der Waals surface area contributed by atoms with Gasteiger partial charge in [-0.15, -0.1) is 0 Å². The first kappa shape index (κ1) is 7.46. The molecule has 0 fully saturated rings. The zero-order chi connectivity index (χ0) is 7.68. The van der Waals surface area contributed by atoms with Crippen LogP contribution in [0.5, 0.6) is 0 Å². The summed E-state index contributed by atoms with van der Waals surface area (Å²) in [6.07, 6.45) is 1.76. The molecule has 0 aliphatic carbocycles. The molecule has 11 heavy (non-hydrogen) atoms. The van der Waals surface area contributed by atoms with E-state index in [0.717, 1.165) is 9.28 Å². The van der Waals surface area contributed by atoms with Crippen molar-refractivity contribution in [3.05, 3.63) is 30.5 Å². The predicted molar refractivity (Wildman–Crippen MR) is 47.5 cm³/mol. The Bertz CT molecular complexity index is 369. The molecule has 0 aliphatic heterocycles. The molecule has 0 aliphatic rings. The van der Waals surface area contributed by atoms with Crippen LogP contribution in [-0.2, 0) is 0 Å². The fourth-order valence-electron chi connectivity index (χ4n) is 1.16. The Labute approximate surface area is 77.8 Å². The molecule has 1 heterocycles. The quantitative estimate of drug-likeness (QED) is 0.606. The first-order valence-corrected chi connectivity index (χ1v) is 6.27. The van der Waals surface area contributed by atoms with Gasteiger partial charge in [-0.1, -0.05) is 24.3 Å². The monoisotopic (exact) mass is 176 g/mol. The molecule has 0 N–H and O–H groups in total. The molecular weight excluding hydrogens is 172 g/mol. The van der Waals surface area contributed by atoms with Gasteiger partial charge in [0.05, 0.1) is 6.26 Å². The van der Waals surface area contributed by atoms with Gasteiger partial charge in [0.1, 0.15) is 0 Å². The van der Waals surface area contributed by atoms with E-state index in [1.165, 1.54) is 5.39 Å². The summed E-state index contributed by atoms with van der Waals surface area (Å²) < 4.78 is 6.28. The van der Waals surface area contributed by atoms with E-state index in [4.69, 9.17) is 13.5 Å². The molecule has 0 radical (unpaired) electrons. The van der Waals surface area contributed by atoms with Crippen LogP contribution >= 0.6 is 9.07 Å². The van der Waals surface area contributed by atoms with E-state index in [1.807, 2.05) is 24.3 Å². The Morgan fingerprint density at radius 3 is 2.91 bits per heavy atom. The number of hydrogen-bond donors (Lipinski definition) is 0. The SMILES string of the molecule is [Cl][Mg][c]1occ2ccccc12. The van der Waals surface area contributed by atoms with E-state index >= 15 is 0 Å². The minimum Gasteiger partial charge on any atom is -0.498 e. The van der Waals surface area contributed by atoms with Gasteiger partial charge in [0.25, 0.3) is 0 Å². The van der Waals surface area contributed by atoms with Crippen LogP contribution in [0, 0.1) is 0 Å². The third-order valence-electron chi connectivity index (χ3n) is 1.71. The third kappa shape index (κ3) is 1.26. The summed E-state index contributed by atoms with van der Waals surface area (Å²) in [6.45, 7) is 0. The number of furan rings is 1. The molecule has 3 heteroatoms. The highest BCUT2D eigenvalue weighted by molar-refractivity contribution is 7.01. The van der Waals surface area contributed by atoms with Crippen LogP contribution in [0.3, 0.4) is 0 Å². The van der Waals surface area contributed by atoms with Crippen molar-refractivity contribution in [2.24, 2.45) is 0 Å². The topological polar surface area (TPSA) is 13.1 Å². The summed E-state index contributed by atoms with van der Waals surface area (Å²) in [5, 5.41) is 2.32. The zero-order valence-corrected chi connectivity index (χ0v) is 8.05. The molecule has 0 bridgehead atoms. The molecule has 0 spiro atoms. The van der Waals surface area contributed by atoms with Crippen LogP contribution < -0.4 is 3.89 Å². The van der Waals surface area contributed by atoms with Gasteiger partial charge in [-0.2, -0.15) is 0 Å². The lowest BCUT2D eigenvalue weighted by molar-refractivity contribution is 0.606. The fraction of sp³-hybridized carbons (Fsp3) is 0. The van der Waals surface area contributed by atoms with Gasteiger partial charge in [-0.25, -0.2) is 0 Å². The van der Waals surface area contributed by atoms with Crippen LogP contribution in [0.15, 0.2) is 34.9 Å². The minimum atomic E-state index is -0.683. The van der Waals surface area contributed by atoms with Gasteiger partial charge in [0.15, 0.2) is 0 Å². The zero-order valence-electron chi connectivity index (χ0n) is 5.88. The molecular formula is C8H5ClMgO. The summed E-state index contributed by atoms with van der Waals surface area (Å²) in [6, 6.07) is 8.08. The predicted octanol–water partition coefficient (Wildman–Crippen LogP) is 1.92. The summed E-state index contributed by atoms with van der Waals surface area (Å²) in [5.41, 5.74) is 0. The van der Waals surface area contributed by atoms with Crippen molar-refractivity contribution in [1.82, 2.24) is 0 Å². The summed E-state index contributed by atoms with van der Waals surface area (Å²) in [4.78, 5) is 0. The van der Waals surface area contributed by atoms with Crippen LogP contribution in [0.25, 0.3) is 10.8 Å². The minimum absolute atomic E-state index is 0.683. The van der Waals surface area contributed by atoms with Crippen molar-refractivity contribution in [2.45, 2.75) is 0 Å². The molecule has 0 unspecified atom stereocenters. The second kappa shape index (κ2) is 3.05. The van der Waals surface area contributed by atoms with Crippen molar-refractivity contribution in [3.8, 4) is 0 Å². The average molecular weight is 177 g/mol. The van der Waals surface area contributed by atoms with E-state index < -0.39 is 19.3 Å². The second-order valence-corrected chi connectivity index (χ2v) is 4.09. The first-order chi connectivity index (χ1) is 5.42. The van der Waals surface area contributed by atoms with Crippen molar-refractivity contribution >= 4 is 43.0 Å². The van der Waals surface area contributed by atoms with Gasteiger partial charge in [0.2, 0.25) is 0 Å². The Hall–Kier alpha value is -0.184. The Kier molecular flexibility index (Phi) is 2.07. The molecule has 1 aromatic carbocycles. The number of fused-ring (bicyclic) bond motifs is 1. The van der Waals surface area contributed by atoms with Crippen molar-refractivity contribution in [2.75, 3.05) is 0 Å². The molecule has 52 valence electrons. The largest absolute Gasteiger partial charge is 0.593 e. The van der Waals surface area contributed by atoms with Gasteiger partial charge < -0.3 is 13.5 Å². The maximum absolute atomic E-state index is 5.79. The molecule has 0 atom stereocenters. The van der Waals surface area contributed by atoms with Crippen LogP contribution in [0.1, 0.15) is 0 Å². The normalized spacial score (nSPS) is 9.91. The Morgan fingerprint density at radius 1 is 1.27 bits per heavy atom. The lowest BCUT2D eigenvalue weighted by Crippen LogP contribution is -2.04. The van der Waals surface area contributed by atoms with E-state index in [2.05, 4.69) is 0 Å². The van der Waals surface area contributed by atoms with Crippen molar-refractivity contribution < 1.29 is 4.42 Å². The lowest BCUT2D eigenvalue weighted by atomic mass is 10.2. The smallest absolute Gasteiger partial charge is 0.498 e. The highest BCUT2D eigenvalue weighted by Gasteiger charge is 2.05. The standard InChI is InChI=1S/C8H5O.ClH.Mg/c1-2-4-8-6-9-5-7(8)3-1;;/h1-5H;1H;/q;;+1/p-1. The highest BCUT2D eigenvalue weighted by atomic mass is 35.5. The van der Waals surface area contributed by atoms with Gasteiger partial charge >= 0.3 is 19.3 Å². The molecule has 0 saturated heterocycles. The summed E-state index contributed by atoms with van der Waals surface area (Å²) >= 11 is -0.683. The number of rotatable bonds is 1. The van der Waals surface area contributed by atoms with Crippen LogP contribution in [0.4, 0.5) is 0 Å². The van der Waals surface area contributed by atoms with Gasteiger partial charge in [-0.05, 0) is 5.39 Å². The van der Waals surface area contributed by atoms with Crippen molar-refractivity contribution in [3.63, 3.8) is 0 Å². The van der Waals surface area contributed by atoms with E-state index in [1.54, 1.807) is 6.26 Å². The number of hydrogen-bond acceptors (Lipinski definition) is 1. The summed E-state index contributed by atoms with van der Waals surface area (Å²) in [5.74, 6) is 0. The Balaban J connectivity index is 2.76. The average Bonchev–Trinajstić information content (AvgIpc) is 2.47. The van der Waals surface area contributed by atoms with Crippen LogP contribution in [0.2, 0.25) is 0 Å². The number of halogens is 1. The van der Waals surface area contributed by atoms with Gasteiger partial charge in [0, 0.05) is 9.28 Å². The maximum atomic E-state index is 5.79. The Morgan fingerprint density at radius 2 is 2.09 bits per heavy atom. The molecule has 1 nitrogen and oxygen atoms in total.